The van der Waals surface area contributed by atoms with Crippen molar-refractivity contribution >= 4 is 36.9 Å². The average molecular weight is 345 g/mol. The third kappa shape index (κ3) is 4.81. The van der Waals surface area contributed by atoms with Gasteiger partial charge in [0.05, 0.1) is 15.2 Å². The summed E-state index contributed by atoms with van der Waals surface area (Å²) in [5.74, 6) is -0.267. The van der Waals surface area contributed by atoms with E-state index in [1.165, 1.54) is 12.3 Å². The summed E-state index contributed by atoms with van der Waals surface area (Å²) in [6.45, 7) is 4.53. The number of carbonyl (C=O) groups excluding carboxylic acids is 1. The second kappa shape index (κ2) is 7.62. The molecular formula is C19H21ClO2Si. The molecule has 23 heavy (non-hydrogen) atoms. The van der Waals surface area contributed by atoms with Gasteiger partial charge in [-0.05, 0) is 29.8 Å². The first-order chi connectivity index (χ1) is 10.9. The van der Waals surface area contributed by atoms with Crippen molar-refractivity contribution in [2.45, 2.75) is 19.1 Å². The predicted molar refractivity (Wildman–Crippen MR) is 99.8 cm³/mol. The first kappa shape index (κ1) is 17.5. The zero-order valence-corrected chi connectivity index (χ0v) is 15.4. The third-order valence-corrected chi connectivity index (χ3v) is 7.26. The van der Waals surface area contributed by atoms with Gasteiger partial charge in [0.1, 0.15) is 0 Å². The van der Waals surface area contributed by atoms with Crippen molar-refractivity contribution < 1.29 is 9.53 Å². The largest absolute Gasteiger partial charge is 0.466 e. The summed E-state index contributed by atoms with van der Waals surface area (Å²) in [6, 6.07) is 18.6. The fraction of sp³-hybridized carbons (Fsp3) is 0.211. The molecule has 2 aromatic rings. The molecule has 2 nitrogen and oxygen atoms in total. The summed E-state index contributed by atoms with van der Waals surface area (Å²) in [5.41, 5.74) is 1.66. The minimum absolute atomic E-state index is 0.267. The Morgan fingerprint density at radius 2 is 1.70 bits per heavy atom. The number of hydrogen-bond donors (Lipinski definition) is 0. The van der Waals surface area contributed by atoms with E-state index >= 15 is 0 Å². The summed E-state index contributed by atoms with van der Waals surface area (Å²) in [7, 11) is -0.356. The highest BCUT2D eigenvalue weighted by Crippen LogP contribution is 2.21. The molecule has 0 saturated carbocycles. The van der Waals surface area contributed by atoms with E-state index in [1.54, 1.807) is 0 Å². The normalized spacial score (nSPS) is 12.1. The maximum Gasteiger partial charge on any atom is 0.333 e. The number of ether oxygens (including phenoxy) is 1. The van der Waals surface area contributed by atoms with Crippen LogP contribution in [0.25, 0.3) is 6.08 Å². The summed E-state index contributed by atoms with van der Waals surface area (Å²) < 4.78 is 4.98. The van der Waals surface area contributed by atoms with E-state index in [1.807, 2.05) is 48.5 Å². The molecule has 0 N–H and O–H groups in total. The molecule has 0 aliphatic rings. The second-order valence-electron chi connectivity index (χ2n) is 6.14. The van der Waals surface area contributed by atoms with Gasteiger partial charge < -0.3 is 4.74 Å². The number of esters is 1. The van der Waals surface area contributed by atoms with Crippen molar-refractivity contribution in [1.29, 1.82) is 0 Å². The zero-order chi connectivity index (χ0) is 16.9. The third-order valence-electron chi connectivity index (χ3n) is 3.85. The Kier molecular flexibility index (Phi) is 5.80. The summed E-state index contributed by atoms with van der Waals surface area (Å²) >= 11 is 5.92. The Balaban J connectivity index is 2.32. The fourth-order valence-corrected chi connectivity index (χ4v) is 5.16. The second-order valence-corrected chi connectivity index (χ2v) is 11.3. The van der Waals surface area contributed by atoms with Gasteiger partial charge in [-0.2, -0.15) is 0 Å². The highest BCUT2D eigenvalue weighted by Gasteiger charge is 2.27. The predicted octanol–water partition coefficient (Wildman–Crippen LogP) is 4.51. The van der Waals surface area contributed by atoms with Crippen molar-refractivity contribution in [1.82, 2.24) is 0 Å². The van der Waals surface area contributed by atoms with Crippen LogP contribution in [0.1, 0.15) is 5.56 Å². The molecule has 0 fully saturated rings. The van der Waals surface area contributed by atoms with Crippen LogP contribution in [0, 0.1) is 0 Å². The number of benzene rings is 2. The Morgan fingerprint density at radius 1 is 1.09 bits per heavy atom. The van der Waals surface area contributed by atoms with Crippen LogP contribution >= 0.6 is 11.6 Å². The van der Waals surface area contributed by atoms with Gasteiger partial charge in [0.15, 0.2) is 0 Å². The lowest BCUT2D eigenvalue weighted by molar-refractivity contribution is -0.135. The lowest BCUT2D eigenvalue weighted by atomic mass is 10.1. The van der Waals surface area contributed by atoms with Crippen LogP contribution in [-0.4, -0.2) is 21.2 Å². The lowest BCUT2D eigenvalue weighted by Gasteiger charge is -2.23. The molecule has 0 spiro atoms. The first-order valence-electron chi connectivity index (χ1n) is 7.52. The molecule has 0 aliphatic carbocycles. The number of halogens is 1. The maximum absolute atomic E-state index is 12.2. The average Bonchev–Trinajstić information content (AvgIpc) is 2.56. The van der Waals surface area contributed by atoms with Crippen LogP contribution in [-0.2, 0) is 9.53 Å². The molecule has 2 rings (SSSR count). The van der Waals surface area contributed by atoms with Crippen molar-refractivity contribution in [3.8, 4) is 0 Å². The molecule has 0 amide bonds. The standard InChI is InChI=1S/C19H21ClO2Si/c1-22-19(21)16(13-15-9-11-17(20)12-10-15)14-23(2,3)18-7-5-4-6-8-18/h4-13H,14H2,1-3H3/b16-13+. The molecule has 4 heteroatoms. The van der Waals surface area contributed by atoms with Gasteiger partial charge in [-0.3, -0.25) is 0 Å². The Morgan fingerprint density at radius 3 is 2.26 bits per heavy atom. The van der Waals surface area contributed by atoms with Crippen LogP contribution in [0.4, 0.5) is 0 Å². The summed E-state index contributed by atoms with van der Waals surface area (Å²) in [5, 5.41) is 2.01. The van der Waals surface area contributed by atoms with Gasteiger partial charge in [-0.15, -0.1) is 0 Å². The van der Waals surface area contributed by atoms with E-state index in [0.29, 0.717) is 10.6 Å². The topological polar surface area (TPSA) is 26.3 Å². The van der Waals surface area contributed by atoms with Gasteiger partial charge in [-0.25, -0.2) is 4.79 Å². The molecule has 0 aromatic heterocycles. The molecule has 0 bridgehead atoms. The minimum Gasteiger partial charge on any atom is -0.466 e. The zero-order valence-electron chi connectivity index (χ0n) is 13.7. The molecule has 0 saturated heterocycles. The highest BCUT2D eigenvalue weighted by molar-refractivity contribution is 6.90. The molecule has 0 unspecified atom stereocenters. The van der Waals surface area contributed by atoms with E-state index in [-0.39, 0.29) is 5.97 Å². The molecule has 2 aromatic carbocycles. The molecular weight excluding hydrogens is 324 g/mol. The van der Waals surface area contributed by atoms with E-state index in [0.717, 1.165) is 11.6 Å². The quantitative estimate of drug-likeness (QED) is 0.453. The number of hydrogen-bond acceptors (Lipinski definition) is 2. The summed E-state index contributed by atoms with van der Waals surface area (Å²) in [4.78, 5) is 12.2. The number of methoxy groups -OCH3 is 1. The number of carbonyl (C=O) groups is 1. The monoisotopic (exact) mass is 344 g/mol. The first-order valence-corrected chi connectivity index (χ1v) is 11.1. The van der Waals surface area contributed by atoms with Gasteiger partial charge in [0.2, 0.25) is 0 Å². The van der Waals surface area contributed by atoms with Crippen LogP contribution in [0.5, 0.6) is 0 Å². The highest BCUT2D eigenvalue weighted by atomic mass is 35.5. The fourth-order valence-electron chi connectivity index (χ4n) is 2.54. The number of rotatable bonds is 5. The van der Waals surface area contributed by atoms with Crippen molar-refractivity contribution in [3.63, 3.8) is 0 Å². The lowest BCUT2D eigenvalue weighted by Crippen LogP contribution is -2.42. The molecule has 0 heterocycles. The SMILES string of the molecule is COC(=O)/C(=C/c1ccc(Cl)cc1)C[Si](C)(C)c1ccccc1. The maximum atomic E-state index is 12.2. The molecule has 0 radical (unpaired) electrons. The van der Waals surface area contributed by atoms with Gasteiger partial charge in [0.25, 0.3) is 0 Å². The van der Waals surface area contributed by atoms with Crippen LogP contribution < -0.4 is 5.19 Å². The van der Waals surface area contributed by atoms with Crippen molar-refractivity contribution in [3.05, 3.63) is 70.8 Å². The van der Waals surface area contributed by atoms with Crippen LogP contribution in [0.15, 0.2) is 60.2 Å². The Bertz CT molecular complexity index is 691. The Hall–Kier alpha value is -1.84. The van der Waals surface area contributed by atoms with Crippen molar-refractivity contribution in [2.75, 3.05) is 7.11 Å². The van der Waals surface area contributed by atoms with E-state index in [4.69, 9.17) is 16.3 Å². The minimum atomic E-state index is -1.78. The molecule has 0 atom stereocenters. The van der Waals surface area contributed by atoms with Crippen LogP contribution in [0.3, 0.4) is 0 Å². The molecule has 120 valence electrons. The summed E-state index contributed by atoms with van der Waals surface area (Å²) in [6.07, 6.45) is 1.90. The smallest absolute Gasteiger partial charge is 0.333 e. The van der Waals surface area contributed by atoms with Crippen molar-refractivity contribution in [2.24, 2.45) is 0 Å². The van der Waals surface area contributed by atoms with E-state index in [9.17, 15) is 4.79 Å². The van der Waals surface area contributed by atoms with Gasteiger partial charge >= 0.3 is 5.97 Å². The van der Waals surface area contributed by atoms with E-state index < -0.39 is 8.07 Å². The van der Waals surface area contributed by atoms with E-state index in [2.05, 4.69) is 25.2 Å². The van der Waals surface area contributed by atoms with Gasteiger partial charge in [0, 0.05) is 10.6 Å². The van der Waals surface area contributed by atoms with Gasteiger partial charge in [-0.1, -0.05) is 72.3 Å². The Labute approximate surface area is 143 Å². The van der Waals surface area contributed by atoms with Crippen LogP contribution in [0.2, 0.25) is 24.2 Å². The molecule has 0 aliphatic heterocycles.